The molecule has 21 heavy (non-hydrogen) atoms. The van der Waals surface area contributed by atoms with Gasteiger partial charge in [-0.15, -0.1) is 0 Å². The van der Waals surface area contributed by atoms with Crippen molar-refractivity contribution in [3.63, 3.8) is 0 Å². The van der Waals surface area contributed by atoms with Crippen LogP contribution in [0.3, 0.4) is 0 Å². The number of benzene rings is 1. The van der Waals surface area contributed by atoms with Gasteiger partial charge in [0.25, 0.3) is 5.91 Å². The summed E-state index contributed by atoms with van der Waals surface area (Å²) < 4.78 is 21.1. The number of amides is 1. The van der Waals surface area contributed by atoms with E-state index in [2.05, 4.69) is 14.4 Å². The predicted molar refractivity (Wildman–Crippen MR) is 75.4 cm³/mol. The highest BCUT2D eigenvalue weighted by Gasteiger charge is 2.22. The summed E-state index contributed by atoms with van der Waals surface area (Å²) in [6.07, 6.45) is 0. The lowest BCUT2D eigenvalue weighted by atomic mass is 10.2. The Bertz CT molecular complexity index is 670. The predicted octanol–water partition coefficient (Wildman–Crippen LogP) is 1.58. The molecule has 1 aromatic carbocycles. The number of anilines is 1. The van der Waals surface area contributed by atoms with E-state index in [1.807, 2.05) is 0 Å². The molecule has 0 aliphatic carbocycles. The van der Waals surface area contributed by atoms with Gasteiger partial charge in [-0.3, -0.25) is 4.79 Å². The minimum Gasteiger partial charge on any atom is -0.465 e. The van der Waals surface area contributed by atoms with Crippen molar-refractivity contribution in [3.05, 3.63) is 46.2 Å². The molecule has 0 atom stereocenters. The van der Waals surface area contributed by atoms with Crippen LogP contribution in [-0.2, 0) is 11.3 Å². The molecule has 1 heterocycles. The van der Waals surface area contributed by atoms with Gasteiger partial charge in [0.05, 0.1) is 12.8 Å². The molecule has 2 rings (SSSR count). The number of carbonyl (C=O) groups is 2. The number of nitrogens with one attached hydrogen (secondary N) is 1. The van der Waals surface area contributed by atoms with Crippen molar-refractivity contribution >= 4 is 29.1 Å². The van der Waals surface area contributed by atoms with Crippen LogP contribution < -0.4 is 11.1 Å². The fourth-order valence-electron chi connectivity index (χ4n) is 1.57. The maximum atomic E-state index is 12.8. The molecule has 2 aromatic rings. The number of ether oxygens (including phenoxy) is 1. The zero-order chi connectivity index (χ0) is 15.4. The summed E-state index contributed by atoms with van der Waals surface area (Å²) in [6.45, 7) is 0.198. The number of hydrogen-bond donors (Lipinski definition) is 2. The number of aromatic nitrogens is 1. The third-order valence-electron chi connectivity index (χ3n) is 2.68. The van der Waals surface area contributed by atoms with Gasteiger partial charge in [-0.2, -0.15) is 4.37 Å². The molecular weight excluding hydrogens is 297 g/mol. The summed E-state index contributed by atoms with van der Waals surface area (Å²) in [5, 5.41) is 2.60. The van der Waals surface area contributed by atoms with E-state index in [-0.39, 0.29) is 28.6 Å². The highest BCUT2D eigenvalue weighted by atomic mass is 32.1. The summed E-state index contributed by atoms with van der Waals surface area (Å²) in [7, 11) is 1.22. The van der Waals surface area contributed by atoms with Crippen LogP contribution in [-0.4, -0.2) is 23.4 Å². The first-order chi connectivity index (χ1) is 10.0. The second-order valence-corrected chi connectivity index (χ2v) is 4.85. The van der Waals surface area contributed by atoms with E-state index in [0.717, 1.165) is 17.1 Å². The molecular formula is C13H12FN3O3S. The summed E-state index contributed by atoms with van der Waals surface area (Å²) >= 11 is 0.801. The monoisotopic (exact) mass is 309 g/mol. The van der Waals surface area contributed by atoms with Gasteiger partial charge < -0.3 is 15.8 Å². The average molecular weight is 309 g/mol. The molecule has 0 unspecified atom stereocenters. The quantitative estimate of drug-likeness (QED) is 0.836. The number of nitrogens with two attached hydrogens (primary N) is 1. The number of nitrogen functional groups attached to an aromatic ring is 1. The van der Waals surface area contributed by atoms with Crippen LogP contribution in [0.5, 0.6) is 0 Å². The smallest absolute Gasteiger partial charge is 0.351 e. The van der Waals surface area contributed by atoms with Crippen LogP contribution in [0.15, 0.2) is 24.3 Å². The summed E-state index contributed by atoms with van der Waals surface area (Å²) in [5.74, 6) is -1.50. The van der Waals surface area contributed by atoms with Gasteiger partial charge in [0.15, 0.2) is 10.6 Å². The van der Waals surface area contributed by atoms with Gasteiger partial charge in [0, 0.05) is 6.54 Å². The van der Waals surface area contributed by atoms with Crippen LogP contribution in [0, 0.1) is 5.82 Å². The van der Waals surface area contributed by atoms with Crippen LogP contribution in [0.25, 0.3) is 0 Å². The van der Waals surface area contributed by atoms with Crippen molar-refractivity contribution in [1.29, 1.82) is 0 Å². The molecule has 0 saturated carbocycles. The fourth-order valence-corrected chi connectivity index (χ4v) is 2.29. The Hall–Kier alpha value is -2.48. The Labute approximate surface area is 123 Å². The molecule has 1 amide bonds. The average Bonchev–Trinajstić information content (AvgIpc) is 2.87. The van der Waals surface area contributed by atoms with Crippen molar-refractivity contribution in [3.8, 4) is 0 Å². The van der Waals surface area contributed by atoms with Crippen molar-refractivity contribution in [2.45, 2.75) is 6.54 Å². The Morgan fingerprint density at radius 1 is 1.38 bits per heavy atom. The van der Waals surface area contributed by atoms with Gasteiger partial charge in [0.2, 0.25) is 0 Å². The lowest BCUT2D eigenvalue weighted by molar-refractivity contribution is 0.0607. The van der Waals surface area contributed by atoms with Gasteiger partial charge in [-0.25, -0.2) is 9.18 Å². The van der Waals surface area contributed by atoms with Crippen LogP contribution in [0.2, 0.25) is 0 Å². The lowest BCUT2D eigenvalue weighted by Crippen LogP contribution is -2.24. The number of methoxy groups -OCH3 is 1. The minimum atomic E-state index is -0.636. The minimum absolute atomic E-state index is 0.0107. The number of carbonyl (C=O) groups excluding carboxylic acids is 2. The van der Waals surface area contributed by atoms with Crippen LogP contribution in [0.1, 0.15) is 25.7 Å². The Morgan fingerprint density at radius 2 is 2.05 bits per heavy atom. The van der Waals surface area contributed by atoms with E-state index in [9.17, 15) is 14.0 Å². The summed E-state index contributed by atoms with van der Waals surface area (Å²) in [6, 6.07) is 5.71. The van der Waals surface area contributed by atoms with E-state index >= 15 is 0 Å². The number of hydrogen-bond acceptors (Lipinski definition) is 6. The molecule has 0 spiro atoms. The first-order valence-electron chi connectivity index (χ1n) is 5.89. The van der Waals surface area contributed by atoms with Crippen molar-refractivity contribution < 1.29 is 18.7 Å². The van der Waals surface area contributed by atoms with Crippen LogP contribution in [0.4, 0.5) is 10.1 Å². The third-order valence-corrected chi connectivity index (χ3v) is 3.52. The van der Waals surface area contributed by atoms with Crippen molar-refractivity contribution in [2.24, 2.45) is 0 Å². The second-order valence-electron chi connectivity index (χ2n) is 4.07. The lowest BCUT2D eigenvalue weighted by Gasteiger charge is -2.04. The maximum absolute atomic E-state index is 12.8. The molecule has 0 fully saturated rings. The number of halogens is 1. The van der Waals surface area contributed by atoms with E-state index < -0.39 is 11.9 Å². The Balaban J connectivity index is 2.05. The molecule has 110 valence electrons. The molecule has 0 bridgehead atoms. The Kier molecular flexibility index (Phi) is 4.49. The molecule has 1 aromatic heterocycles. The van der Waals surface area contributed by atoms with Crippen molar-refractivity contribution in [2.75, 3.05) is 12.8 Å². The number of nitrogens with zero attached hydrogens (tertiary/aromatic N) is 1. The van der Waals surface area contributed by atoms with Gasteiger partial charge in [-0.1, -0.05) is 12.1 Å². The zero-order valence-electron chi connectivity index (χ0n) is 11.1. The topological polar surface area (TPSA) is 94.3 Å². The second kappa shape index (κ2) is 6.31. The highest BCUT2D eigenvalue weighted by molar-refractivity contribution is 7.08. The molecule has 8 heteroatoms. The SMILES string of the molecule is COC(=O)c1snc(C(=O)NCc2ccc(F)cc2)c1N. The zero-order valence-corrected chi connectivity index (χ0v) is 11.9. The first kappa shape index (κ1) is 14.9. The molecule has 0 aliphatic rings. The Morgan fingerprint density at radius 3 is 2.67 bits per heavy atom. The molecule has 0 saturated heterocycles. The van der Waals surface area contributed by atoms with E-state index in [1.165, 1.54) is 19.2 Å². The summed E-state index contributed by atoms with van der Waals surface area (Å²) in [5.41, 5.74) is 6.40. The number of rotatable bonds is 4. The molecule has 3 N–H and O–H groups in total. The molecule has 0 aliphatic heterocycles. The van der Waals surface area contributed by atoms with E-state index in [1.54, 1.807) is 12.1 Å². The van der Waals surface area contributed by atoms with Gasteiger partial charge >= 0.3 is 5.97 Å². The first-order valence-corrected chi connectivity index (χ1v) is 6.66. The maximum Gasteiger partial charge on any atom is 0.351 e. The fraction of sp³-hybridized carbons (Fsp3) is 0.154. The van der Waals surface area contributed by atoms with Crippen LogP contribution >= 0.6 is 11.5 Å². The van der Waals surface area contributed by atoms with E-state index in [4.69, 9.17) is 5.73 Å². The van der Waals surface area contributed by atoms with Gasteiger partial charge in [0.1, 0.15) is 5.82 Å². The third kappa shape index (κ3) is 3.34. The summed E-state index contributed by atoms with van der Waals surface area (Å²) in [4.78, 5) is 23.4. The highest BCUT2D eigenvalue weighted by Crippen LogP contribution is 2.22. The molecule has 6 nitrogen and oxygen atoms in total. The van der Waals surface area contributed by atoms with Crippen molar-refractivity contribution in [1.82, 2.24) is 9.69 Å². The van der Waals surface area contributed by atoms with E-state index in [0.29, 0.717) is 0 Å². The standard InChI is InChI=1S/C13H12FN3O3S/c1-20-13(19)11-9(15)10(17-21-11)12(18)16-6-7-2-4-8(14)5-3-7/h2-5H,6,15H2,1H3,(H,16,18). The normalized spacial score (nSPS) is 10.2. The largest absolute Gasteiger partial charge is 0.465 e. The number of esters is 1. The van der Waals surface area contributed by atoms with Gasteiger partial charge in [-0.05, 0) is 29.2 Å². The molecule has 0 radical (unpaired) electrons.